The summed E-state index contributed by atoms with van der Waals surface area (Å²) in [5.74, 6) is 0.408. The van der Waals surface area contributed by atoms with E-state index < -0.39 is 0 Å². The number of hydrogen-bond donors (Lipinski definition) is 0. The Kier molecular flexibility index (Phi) is 2.89. The van der Waals surface area contributed by atoms with Crippen LogP contribution in [0.2, 0.25) is 5.15 Å². The van der Waals surface area contributed by atoms with Gasteiger partial charge in [0.2, 0.25) is 0 Å². The predicted molar refractivity (Wildman–Crippen MR) is 73.0 cm³/mol. The highest BCUT2D eigenvalue weighted by Crippen LogP contribution is 2.42. The van der Waals surface area contributed by atoms with Gasteiger partial charge in [-0.2, -0.15) is 10.4 Å². The molecule has 0 atom stereocenters. The first-order chi connectivity index (χ1) is 8.70. The molecule has 0 bridgehead atoms. The molecule has 0 unspecified atom stereocenters. The lowest BCUT2D eigenvalue weighted by molar-refractivity contribution is 0.837. The molecule has 1 saturated carbocycles. The average Bonchev–Trinajstić information content (AvgIpc) is 3.13. The summed E-state index contributed by atoms with van der Waals surface area (Å²) in [5, 5.41) is 14.1. The van der Waals surface area contributed by atoms with Crippen molar-refractivity contribution in [3.63, 3.8) is 0 Å². The zero-order valence-electron chi connectivity index (χ0n) is 9.40. The zero-order chi connectivity index (χ0) is 12.7. The normalized spacial score (nSPS) is 14.5. The molecule has 3 nitrogen and oxygen atoms in total. The quantitative estimate of drug-likeness (QED) is 0.837. The van der Waals surface area contributed by atoms with Gasteiger partial charge < -0.3 is 0 Å². The molecule has 0 saturated heterocycles. The standard InChI is InChI=1S/C13H9BrClN3/c14-9-2-1-3-10(6-9)18-13(15)11(7-16)12(17-18)8-4-5-8/h1-3,6,8H,4-5H2. The van der Waals surface area contributed by atoms with E-state index in [1.54, 1.807) is 4.68 Å². The van der Waals surface area contributed by atoms with Gasteiger partial charge >= 0.3 is 0 Å². The lowest BCUT2D eigenvalue weighted by Crippen LogP contribution is -1.97. The first-order valence-electron chi connectivity index (χ1n) is 5.65. The van der Waals surface area contributed by atoms with Gasteiger partial charge in [-0.05, 0) is 31.0 Å². The van der Waals surface area contributed by atoms with Crippen LogP contribution in [0.5, 0.6) is 0 Å². The Bertz CT molecular complexity index is 653. The van der Waals surface area contributed by atoms with Crippen LogP contribution in [0.1, 0.15) is 30.0 Å². The summed E-state index contributed by atoms with van der Waals surface area (Å²) in [5.41, 5.74) is 2.21. The number of hydrogen-bond acceptors (Lipinski definition) is 2. The summed E-state index contributed by atoms with van der Waals surface area (Å²) in [6.45, 7) is 0. The highest BCUT2D eigenvalue weighted by Gasteiger charge is 2.31. The Labute approximate surface area is 118 Å². The Balaban J connectivity index is 2.16. The van der Waals surface area contributed by atoms with Gasteiger partial charge in [0.05, 0.1) is 11.4 Å². The lowest BCUT2D eigenvalue weighted by atomic mass is 10.2. The van der Waals surface area contributed by atoms with Crippen molar-refractivity contribution >= 4 is 27.5 Å². The van der Waals surface area contributed by atoms with Gasteiger partial charge in [-0.3, -0.25) is 0 Å². The van der Waals surface area contributed by atoms with E-state index in [4.69, 9.17) is 11.6 Å². The Morgan fingerprint density at radius 3 is 2.83 bits per heavy atom. The van der Waals surface area contributed by atoms with Crippen LogP contribution in [-0.4, -0.2) is 9.78 Å². The molecule has 0 spiro atoms. The van der Waals surface area contributed by atoms with Crippen LogP contribution in [0.15, 0.2) is 28.7 Å². The fourth-order valence-corrected chi connectivity index (χ4v) is 2.60. The van der Waals surface area contributed by atoms with E-state index in [1.165, 1.54) is 0 Å². The molecule has 0 N–H and O–H groups in total. The number of aromatic nitrogens is 2. The molecule has 0 aliphatic heterocycles. The summed E-state index contributed by atoms with van der Waals surface area (Å²) >= 11 is 9.67. The number of rotatable bonds is 2. The smallest absolute Gasteiger partial charge is 0.150 e. The summed E-state index contributed by atoms with van der Waals surface area (Å²) in [6.07, 6.45) is 2.20. The van der Waals surface area contributed by atoms with Crippen LogP contribution in [0.25, 0.3) is 5.69 Å². The van der Waals surface area contributed by atoms with Crippen LogP contribution in [0.3, 0.4) is 0 Å². The third kappa shape index (κ3) is 1.94. The van der Waals surface area contributed by atoms with Crippen LogP contribution in [0, 0.1) is 11.3 Å². The molecule has 1 aromatic carbocycles. The van der Waals surface area contributed by atoms with E-state index in [2.05, 4.69) is 27.1 Å². The molecule has 1 fully saturated rings. The van der Waals surface area contributed by atoms with Gasteiger partial charge in [0.1, 0.15) is 11.6 Å². The van der Waals surface area contributed by atoms with Gasteiger partial charge in [0.15, 0.2) is 5.15 Å². The molecule has 1 aliphatic rings. The minimum Gasteiger partial charge on any atom is -0.220 e. The zero-order valence-corrected chi connectivity index (χ0v) is 11.7. The fraction of sp³-hybridized carbons (Fsp3) is 0.231. The van der Waals surface area contributed by atoms with E-state index in [-0.39, 0.29) is 0 Å². The Morgan fingerprint density at radius 1 is 1.44 bits per heavy atom. The van der Waals surface area contributed by atoms with Crippen molar-refractivity contribution in [1.29, 1.82) is 5.26 Å². The molecule has 0 radical (unpaired) electrons. The minimum atomic E-state index is 0.400. The first-order valence-corrected chi connectivity index (χ1v) is 6.82. The molecule has 0 amide bonds. The summed E-state index contributed by atoms with van der Waals surface area (Å²) in [4.78, 5) is 0. The van der Waals surface area contributed by atoms with Crippen LogP contribution >= 0.6 is 27.5 Å². The number of halogens is 2. The van der Waals surface area contributed by atoms with E-state index in [9.17, 15) is 5.26 Å². The van der Waals surface area contributed by atoms with E-state index >= 15 is 0 Å². The Hall–Kier alpha value is -1.31. The molecule has 5 heteroatoms. The van der Waals surface area contributed by atoms with Gasteiger partial charge in [-0.15, -0.1) is 0 Å². The second kappa shape index (κ2) is 4.42. The monoisotopic (exact) mass is 321 g/mol. The molecule has 1 aliphatic carbocycles. The van der Waals surface area contributed by atoms with Crippen molar-refractivity contribution < 1.29 is 0 Å². The van der Waals surface area contributed by atoms with Gasteiger partial charge in [-0.25, -0.2) is 4.68 Å². The third-order valence-electron chi connectivity index (χ3n) is 2.98. The maximum atomic E-state index is 9.19. The molecule has 3 rings (SSSR count). The van der Waals surface area contributed by atoms with Crippen molar-refractivity contribution in [2.75, 3.05) is 0 Å². The van der Waals surface area contributed by atoms with E-state index in [1.807, 2.05) is 24.3 Å². The maximum absolute atomic E-state index is 9.19. The third-order valence-corrected chi connectivity index (χ3v) is 3.83. The summed E-state index contributed by atoms with van der Waals surface area (Å²) < 4.78 is 2.59. The van der Waals surface area contributed by atoms with E-state index in [0.717, 1.165) is 28.7 Å². The second-order valence-electron chi connectivity index (χ2n) is 4.33. The summed E-state index contributed by atoms with van der Waals surface area (Å²) in [6, 6.07) is 9.86. The van der Waals surface area contributed by atoms with E-state index in [0.29, 0.717) is 16.6 Å². The number of benzene rings is 1. The molecule has 2 aromatic rings. The van der Waals surface area contributed by atoms with Crippen molar-refractivity contribution in [3.8, 4) is 11.8 Å². The van der Waals surface area contributed by atoms with Crippen molar-refractivity contribution in [2.24, 2.45) is 0 Å². The molecule has 1 aromatic heterocycles. The Morgan fingerprint density at radius 2 is 2.22 bits per heavy atom. The first kappa shape index (κ1) is 11.8. The molecule has 90 valence electrons. The average molecular weight is 323 g/mol. The fourth-order valence-electron chi connectivity index (χ4n) is 1.94. The molecular formula is C13H9BrClN3. The summed E-state index contributed by atoms with van der Waals surface area (Å²) in [7, 11) is 0. The van der Waals surface area contributed by atoms with Gasteiger partial charge in [0, 0.05) is 10.4 Å². The van der Waals surface area contributed by atoms with Crippen molar-refractivity contribution in [3.05, 3.63) is 45.1 Å². The van der Waals surface area contributed by atoms with Gasteiger partial charge in [0.25, 0.3) is 0 Å². The van der Waals surface area contributed by atoms with Gasteiger partial charge in [-0.1, -0.05) is 33.6 Å². The van der Waals surface area contributed by atoms with Crippen LogP contribution < -0.4 is 0 Å². The highest BCUT2D eigenvalue weighted by atomic mass is 79.9. The van der Waals surface area contributed by atoms with Crippen molar-refractivity contribution in [1.82, 2.24) is 9.78 Å². The van der Waals surface area contributed by atoms with Crippen molar-refractivity contribution in [2.45, 2.75) is 18.8 Å². The number of nitriles is 1. The SMILES string of the molecule is N#Cc1c(C2CC2)nn(-c2cccc(Br)c2)c1Cl. The second-order valence-corrected chi connectivity index (χ2v) is 5.60. The number of nitrogens with zero attached hydrogens (tertiary/aromatic N) is 3. The predicted octanol–water partition coefficient (Wildman–Crippen LogP) is 4.04. The van der Waals surface area contributed by atoms with Crippen LogP contribution in [-0.2, 0) is 0 Å². The lowest BCUT2D eigenvalue weighted by Gasteiger charge is -2.02. The maximum Gasteiger partial charge on any atom is 0.150 e. The molecule has 1 heterocycles. The minimum absolute atomic E-state index is 0.400. The van der Waals surface area contributed by atoms with Crippen LogP contribution in [0.4, 0.5) is 0 Å². The highest BCUT2D eigenvalue weighted by molar-refractivity contribution is 9.10. The molecular weight excluding hydrogens is 314 g/mol. The largest absolute Gasteiger partial charge is 0.220 e. The molecule has 18 heavy (non-hydrogen) atoms. The topological polar surface area (TPSA) is 41.6 Å².